The van der Waals surface area contributed by atoms with Crippen molar-refractivity contribution in [2.75, 3.05) is 27.3 Å². The molecule has 1 amide bonds. The number of thiazole rings is 1. The van der Waals surface area contributed by atoms with Crippen LogP contribution < -0.4 is 4.74 Å². The molecule has 1 heterocycles. The Kier molecular flexibility index (Phi) is 7.63. The zero-order valence-corrected chi connectivity index (χ0v) is 15.7. The van der Waals surface area contributed by atoms with E-state index in [-0.39, 0.29) is 5.91 Å². The molecule has 2 aromatic rings. The fourth-order valence-electron chi connectivity index (χ4n) is 2.16. The Morgan fingerprint density at radius 2 is 2.08 bits per heavy atom. The van der Waals surface area contributed by atoms with Crippen molar-refractivity contribution in [3.8, 4) is 5.75 Å². The minimum absolute atomic E-state index is 0.0182. The highest BCUT2D eigenvalue weighted by molar-refractivity contribution is 7.09. The van der Waals surface area contributed by atoms with Gasteiger partial charge in [0, 0.05) is 38.8 Å². The number of hydrogen-bond acceptors (Lipinski definition) is 5. The maximum atomic E-state index is 12.0. The van der Waals surface area contributed by atoms with Crippen LogP contribution >= 0.6 is 11.3 Å². The van der Waals surface area contributed by atoms with E-state index in [4.69, 9.17) is 9.47 Å². The molecule has 0 aliphatic rings. The summed E-state index contributed by atoms with van der Waals surface area (Å²) in [6, 6.07) is 7.64. The molecule has 0 aliphatic heterocycles. The Morgan fingerprint density at radius 1 is 1.32 bits per heavy atom. The molecule has 0 spiro atoms. The first-order valence-electron chi connectivity index (χ1n) is 8.14. The first-order valence-corrected chi connectivity index (χ1v) is 9.02. The molecule has 0 radical (unpaired) electrons. The van der Waals surface area contributed by atoms with Gasteiger partial charge in [-0.1, -0.05) is 12.1 Å². The first-order chi connectivity index (χ1) is 12.1. The highest BCUT2D eigenvalue weighted by Crippen LogP contribution is 2.16. The highest BCUT2D eigenvalue weighted by atomic mass is 32.1. The molecule has 0 aliphatic carbocycles. The number of amides is 1. The molecule has 134 valence electrons. The van der Waals surface area contributed by atoms with Crippen molar-refractivity contribution in [3.05, 3.63) is 52.0 Å². The Balaban J connectivity index is 1.81. The SMILES string of the molecule is COCCCN(C)C(=O)/C=C/c1ccc(OCc2csc(C)n2)cc1. The van der Waals surface area contributed by atoms with Crippen molar-refractivity contribution in [1.29, 1.82) is 0 Å². The zero-order chi connectivity index (χ0) is 18.1. The normalized spacial score (nSPS) is 11.0. The van der Waals surface area contributed by atoms with Crippen molar-refractivity contribution >= 4 is 23.3 Å². The zero-order valence-electron chi connectivity index (χ0n) is 14.9. The molecule has 0 N–H and O–H groups in total. The van der Waals surface area contributed by atoms with Gasteiger partial charge in [0.05, 0.1) is 10.7 Å². The Bertz CT molecular complexity index is 695. The molecule has 0 bridgehead atoms. The van der Waals surface area contributed by atoms with E-state index in [2.05, 4.69) is 4.98 Å². The van der Waals surface area contributed by atoms with Gasteiger partial charge in [-0.25, -0.2) is 4.98 Å². The minimum Gasteiger partial charge on any atom is -0.487 e. The second kappa shape index (κ2) is 9.96. The Hall–Kier alpha value is -2.18. The van der Waals surface area contributed by atoms with Crippen molar-refractivity contribution in [2.45, 2.75) is 20.0 Å². The van der Waals surface area contributed by atoms with Crippen molar-refractivity contribution in [2.24, 2.45) is 0 Å². The number of carbonyl (C=O) groups is 1. The van der Waals surface area contributed by atoms with Gasteiger partial charge in [-0.15, -0.1) is 11.3 Å². The van der Waals surface area contributed by atoms with E-state index in [9.17, 15) is 4.79 Å². The molecule has 5 nitrogen and oxygen atoms in total. The van der Waals surface area contributed by atoms with Crippen LogP contribution in [0.2, 0.25) is 0 Å². The second-order valence-electron chi connectivity index (χ2n) is 5.66. The number of aryl methyl sites for hydroxylation is 1. The van der Waals surface area contributed by atoms with Gasteiger partial charge in [0.1, 0.15) is 12.4 Å². The lowest BCUT2D eigenvalue weighted by atomic mass is 10.2. The van der Waals surface area contributed by atoms with Gasteiger partial charge in [-0.3, -0.25) is 4.79 Å². The van der Waals surface area contributed by atoms with Crippen LogP contribution in [0.15, 0.2) is 35.7 Å². The summed E-state index contributed by atoms with van der Waals surface area (Å²) in [6.45, 7) is 3.78. The number of likely N-dealkylation sites (N-methyl/N-ethyl adjacent to an activating group) is 1. The molecule has 6 heteroatoms. The summed E-state index contributed by atoms with van der Waals surface area (Å²) in [5, 5.41) is 3.04. The van der Waals surface area contributed by atoms with Crippen molar-refractivity contribution in [3.63, 3.8) is 0 Å². The van der Waals surface area contributed by atoms with E-state index in [1.165, 1.54) is 0 Å². The summed E-state index contributed by atoms with van der Waals surface area (Å²) < 4.78 is 10.7. The fourth-order valence-corrected chi connectivity index (χ4v) is 2.76. The van der Waals surface area contributed by atoms with Crippen LogP contribution in [-0.2, 0) is 16.1 Å². The third kappa shape index (κ3) is 6.68. The molecule has 0 saturated heterocycles. The summed E-state index contributed by atoms with van der Waals surface area (Å²) in [7, 11) is 3.45. The number of rotatable bonds is 9. The molecule has 25 heavy (non-hydrogen) atoms. The van der Waals surface area contributed by atoms with Crippen LogP contribution in [-0.4, -0.2) is 43.1 Å². The molecular weight excluding hydrogens is 336 g/mol. The molecule has 0 unspecified atom stereocenters. The molecule has 2 rings (SSSR count). The van der Waals surface area contributed by atoms with Crippen LogP contribution in [0.5, 0.6) is 5.75 Å². The van der Waals surface area contributed by atoms with E-state index in [0.717, 1.165) is 28.4 Å². The highest BCUT2D eigenvalue weighted by Gasteiger charge is 2.04. The number of carbonyl (C=O) groups excluding carboxylic acids is 1. The van der Waals surface area contributed by atoms with Gasteiger partial charge in [0.25, 0.3) is 0 Å². The van der Waals surface area contributed by atoms with Crippen LogP contribution in [0.4, 0.5) is 0 Å². The fraction of sp³-hybridized carbons (Fsp3) is 0.368. The maximum absolute atomic E-state index is 12.0. The third-order valence-electron chi connectivity index (χ3n) is 3.57. The van der Waals surface area contributed by atoms with Crippen molar-refractivity contribution in [1.82, 2.24) is 9.88 Å². The predicted octanol–water partition coefficient (Wildman–Crippen LogP) is 3.54. The summed E-state index contributed by atoms with van der Waals surface area (Å²) >= 11 is 1.62. The van der Waals surface area contributed by atoms with Crippen LogP contribution in [0.3, 0.4) is 0 Å². The van der Waals surface area contributed by atoms with Crippen molar-refractivity contribution < 1.29 is 14.3 Å². The number of aromatic nitrogens is 1. The Morgan fingerprint density at radius 3 is 2.72 bits per heavy atom. The average Bonchev–Trinajstić information content (AvgIpc) is 3.04. The quantitative estimate of drug-likeness (QED) is 0.507. The number of nitrogens with zero attached hydrogens (tertiary/aromatic N) is 2. The summed E-state index contributed by atoms with van der Waals surface area (Å²) in [4.78, 5) is 18.1. The van der Waals surface area contributed by atoms with Gasteiger partial charge >= 0.3 is 0 Å². The van der Waals surface area contributed by atoms with E-state index in [1.807, 2.05) is 42.6 Å². The molecule has 0 saturated carbocycles. The second-order valence-corrected chi connectivity index (χ2v) is 6.72. The topological polar surface area (TPSA) is 51.7 Å². The third-order valence-corrected chi connectivity index (χ3v) is 4.39. The molecule has 1 aromatic carbocycles. The van der Waals surface area contributed by atoms with E-state index < -0.39 is 0 Å². The van der Waals surface area contributed by atoms with Gasteiger partial charge in [-0.2, -0.15) is 0 Å². The molecule has 0 fully saturated rings. The van der Waals surface area contributed by atoms with Gasteiger partial charge < -0.3 is 14.4 Å². The first kappa shape index (κ1) is 19.1. The smallest absolute Gasteiger partial charge is 0.246 e. The lowest BCUT2D eigenvalue weighted by molar-refractivity contribution is -0.124. The minimum atomic E-state index is -0.0182. The van der Waals surface area contributed by atoms with Crippen LogP contribution in [0.1, 0.15) is 22.7 Å². The number of methoxy groups -OCH3 is 1. The number of hydrogen-bond donors (Lipinski definition) is 0. The summed E-state index contributed by atoms with van der Waals surface area (Å²) in [5.74, 6) is 0.765. The largest absolute Gasteiger partial charge is 0.487 e. The summed E-state index contributed by atoms with van der Waals surface area (Å²) in [5.41, 5.74) is 1.89. The van der Waals surface area contributed by atoms with E-state index in [1.54, 1.807) is 36.5 Å². The standard InChI is InChI=1S/C19H24N2O3S/c1-15-20-17(14-25-15)13-24-18-8-5-16(6-9-18)7-10-19(22)21(2)11-4-12-23-3/h5-10,14H,4,11-13H2,1-3H3/b10-7+. The lowest BCUT2D eigenvalue weighted by Crippen LogP contribution is -2.26. The Labute approximate surface area is 152 Å². The number of ether oxygens (including phenoxy) is 2. The van der Waals surface area contributed by atoms with E-state index >= 15 is 0 Å². The summed E-state index contributed by atoms with van der Waals surface area (Å²) in [6.07, 6.45) is 4.22. The van der Waals surface area contributed by atoms with Gasteiger partial charge in [-0.05, 0) is 37.1 Å². The van der Waals surface area contributed by atoms with Crippen LogP contribution in [0.25, 0.3) is 6.08 Å². The lowest BCUT2D eigenvalue weighted by Gasteiger charge is -2.14. The molecule has 0 atom stereocenters. The van der Waals surface area contributed by atoms with Gasteiger partial charge in [0.15, 0.2) is 0 Å². The van der Waals surface area contributed by atoms with E-state index in [0.29, 0.717) is 19.8 Å². The van der Waals surface area contributed by atoms with Crippen LogP contribution in [0, 0.1) is 6.92 Å². The predicted molar refractivity (Wildman–Crippen MR) is 101 cm³/mol. The maximum Gasteiger partial charge on any atom is 0.246 e. The molecular formula is C19H24N2O3S. The average molecular weight is 360 g/mol. The number of benzene rings is 1. The molecule has 1 aromatic heterocycles. The monoisotopic (exact) mass is 360 g/mol. The van der Waals surface area contributed by atoms with Gasteiger partial charge in [0.2, 0.25) is 5.91 Å².